The fourth-order valence-electron chi connectivity index (χ4n) is 2.47. The van der Waals surface area contributed by atoms with Crippen molar-refractivity contribution in [1.29, 1.82) is 0 Å². The van der Waals surface area contributed by atoms with Crippen LogP contribution in [-0.2, 0) is 26.7 Å². The van der Waals surface area contributed by atoms with E-state index >= 15 is 0 Å². The van der Waals surface area contributed by atoms with Crippen LogP contribution in [0.15, 0.2) is 48.5 Å². The highest BCUT2D eigenvalue weighted by Gasteiger charge is 2.36. The molecule has 0 saturated carbocycles. The van der Waals surface area contributed by atoms with E-state index in [-0.39, 0.29) is 24.0 Å². The first-order valence-electron chi connectivity index (χ1n) is 8.13. The molecule has 1 atom stereocenters. The van der Waals surface area contributed by atoms with Crippen LogP contribution in [0, 0.1) is 0 Å². The number of sulfonamides is 1. The number of anilines is 1. The van der Waals surface area contributed by atoms with Crippen molar-refractivity contribution in [2.45, 2.75) is 18.0 Å². The minimum atomic E-state index is -4.66. The van der Waals surface area contributed by atoms with E-state index in [0.29, 0.717) is 12.3 Å². The van der Waals surface area contributed by atoms with Crippen molar-refractivity contribution in [3.63, 3.8) is 0 Å². The standard InChI is InChI=1S/C18H18F3NO4S/c1-22(14-5-3-2-4-6-14)27(23,24)12-13-7-8-17(26-11-15-10-25-15)16(9-13)18(19,20)21/h2-9,15H,10-12H2,1H3. The van der Waals surface area contributed by atoms with Crippen LogP contribution in [0.4, 0.5) is 18.9 Å². The molecule has 27 heavy (non-hydrogen) atoms. The Balaban J connectivity index is 1.83. The van der Waals surface area contributed by atoms with E-state index in [0.717, 1.165) is 16.4 Å². The summed E-state index contributed by atoms with van der Waals surface area (Å²) >= 11 is 0. The maximum atomic E-state index is 13.4. The van der Waals surface area contributed by atoms with Crippen LogP contribution in [0.3, 0.4) is 0 Å². The molecule has 146 valence electrons. The minimum Gasteiger partial charge on any atom is -0.490 e. The molecule has 0 radical (unpaired) electrons. The molecule has 0 spiro atoms. The SMILES string of the molecule is CN(c1ccccc1)S(=O)(=O)Cc1ccc(OCC2CO2)c(C(F)(F)F)c1. The Morgan fingerprint density at radius 2 is 1.85 bits per heavy atom. The first kappa shape index (κ1) is 19.5. The number of para-hydroxylation sites is 1. The maximum Gasteiger partial charge on any atom is 0.419 e. The van der Waals surface area contributed by atoms with Gasteiger partial charge in [0, 0.05) is 7.05 Å². The number of hydrogen-bond acceptors (Lipinski definition) is 4. The maximum absolute atomic E-state index is 13.4. The zero-order valence-electron chi connectivity index (χ0n) is 14.4. The van der Waals surface area contributed by atoms with Gasteiger partial charge in [0.25, 0.3) is 0 Å². The molecule has 0 bridgehead atoms. The summed E-state index contributed by atoms with van der Waals surface area (Å²) in [6.45, 7) is 0.487. The average molecular weight is 401 g/mol. The molecule has 9 heteroatoms. The summed E-state index contributed by atoms with van der Waals surface area (Å²) in [4.78, 5) is 0. The van der Waals surface area contributed by atoms with Gasteiger partial charge >= 0.3 is 6.18 Å². The number of nitrogens with zero attached hydrogens (tertiary/aromatic N) is 1. The molecule has 1 aliphatic heterocycles. The highest BCUT2D eigenvalue weighted by Crippen LogP contribution is 2.37. The Hall–Kier alpha value is -2.26. The molecule has 5 nitrogen and oxygen atoms in total. The Bertz CT molecular complexity index is 897. The second-order valence-corrected chi connectivity index (χ2v) is 8.15. The average Bonchev–Trinajstić information content (AvgIpc) is 3.44. The summed E-state index contributed by atoms with van der Waals surface area (Å²) in [5, 5.41) is 0. The lowest BCUT2D eigenvalue weighted by Gasteiger charge is -2.20. The zero-order chi connectivity index (χ0) is 19.7. The molecule has 0 N–H and O–H groups in total. The molecule has 1 fully saturated rings. The van der Waals surface area contributed by atoms with Crippen LogP contribution < -0.4 is 9.04 Å². The molecule has 0 aromatic heterocycles. The molecule has 3 rings (SSSR count). The van der Waals surface area contributed by atoms with Crippen molar-refractivity contribution in [1.82, 2.24) is 0 Å². The van der Waals surface area contributed by atoms with Gasteiger partial charge in [0.1, 0.15) is 18.5 Å². The quantitative estimate of drug-likeness (QED) is 0.667. The van der Waals surface area contributed by atoms with Crippen LogP contribution in [0.1, 0.15) is 11.1 Å². The van der Waals surface area contributed by atoms with Gasteiger partial charge < -0.3 is 9.47 Å². The van der Waals surface area contributed by atoms with Crippen molar-refractivity contribution in [3.8, 4) is 5.75 Å². The topological polar surface area (TPSA) is 59.1 Å². The van der Waals surface area contributed by atoms with Crippen molar-refractivity contribution in [2.24, 2.45) is 0 Å². The van der Waals surface area contributed by atoms with Crippen molar-refractivity contribution in [2.75, 3.05) is 24.6 Å². The summed E-state index contributed by atoms with van der Waals surface area (Å²) in [5.41, 5.74) is -0.545. The Labute approximate surface area is 155 Å². The molecule has 1 unspecified atom stereocenters. The third kappa shape index (κ3) is 4.92. The number of ether oxygens (including phenoxy) is 2. The largest absolute Gasteiger partial charge is 0.490 e. The number of rotatable bonds is 7. The van der Waals surface area contributed by atoms with E-state index in [4.69, 9.17) is 9.47 Å². The van der Waals surface area contributed by atoms with E-state index in [2.05, 4.69) is 0 Å². The number of halogens is 3. The molecule has 1 saturated heterocycles. The van der Waals surface area contributed by atoms with Gasteiger partial charge in [-0.05, 0) is 29.8 Å². The molecule has 0 amide bonds. The summed E-state index contributed by atoms with van der Waals surface area (Å²) in [7, 11) is -2.49. The van der Waals surface area contributed by atoms with E-state index in [1.54, 1.807) is 30.3 Å². The third-order valence-electron chi connectivity index (χ3n) is 4.06. The van der Waals surface area contributed by atoms with Gasteiger partial charge in [0.15, 0.2) is 0 Å². The minimum absolute atomic E-state index is 0.0253. The fourth-order valence-corrected chi connectivity index (χ4v) is 3.70. The van der Waals surface area contributed by atoms with E-state index in [9.17, 15) is 21.6 Å². The Morgan fingerprint density at radius 3 is 2.44 bits per heavy atom. The molecule has 1 aliphatic rings. The highest BCUT2D eigenvalue weighted by atomic mass is 32.2. The van der Waals surface area contributed by atoms with Gasteiger partial charge in [-0.3, -0.25) is 4.31 Å². The summed E-state index contributed by atoms with van der Waals surface area (Å²) in [5.74, 6) is -0.899. The van der Waals surface area contributed by atoms with Crippen LogP contribution in [0.5, 0.6) is 5.75 Å². The van der Waals surface area contributed by atoms with E-state index in [1.165, 1.54) is 13.1 Å². The number of epoxide rings is 1. The van der Waals surface area contributed by atoms with Gasteiger partial charge in [-0.25, -0.2) is 8.42 Å². The lowest BCUT2D eigenvalue weighted by Crippen LogP contribution is -2.28. The monoisotopic (exact) mass is 401 g/mol. The van der Waals surface area contributed by atoms with Crippen molar-refractivity contribution in [3.05, 3.63) is 59.7 Å². The Morgan fingerprint density at radius 1 is 1.19 bits per heavy atom. The van der Waals surface area contributed by atoms with Gasteiger partial charge in [-0.1, -0.05) is 24.3 Å². The molecule has 0 aliphatic carbocycles. The smallest absolute Gasteiger partial charge is 0.419 e. The van der Waals surface area contributed by atoms with Gasteiger partial charge in [0.2, 0.25) is 10.0 Å². The van der Waals surface area contributed by atoms with Crippen molar-refractivity contribution < 1.29 is 31.1 Å². The summed E-state index contributed by atoms with van der Waals surface area (Å²) in [6.07, 6.45) is -4.85. The molecular formula is C18H18F3NO4S. The lowest BCUT2D eigenvalue weighted by molar-refractivity contribution is -0.139. The van der Waals surface area contributed by atoms with Crippen LogP contribution in [0.25, 0.3) is 0 Å². The highest BCUT2D eigenvalue weighted by molar-refractivity contribution is 7.92. The Kier molecular flexibility index (Phi) is 5.34. The van der Waals surface area contributed by atoms with E-state index < -0.39 is 27.5 Å². The molecular weight excluding hydrogens is 383 g/mol. The van der Waals surface area contributed by atoms with Crippen LogP contribution >= 0.6 is 0 Å². The van der Waals surface area contributed by atoms with Gasteiger partial charge in [-0.15, -0.1) is 0 Å². The zero-order valence-corrected chi connectivity index (χ0v) is 15.3. The van der Waals surface area contributed by atoms with Crippen LogP contribution in [-0.4, -0.2) is 34.8 Å². The second kappa shape index (κ2) is 7.40. The first-order chi connectivity index (χ1) is 12.7. The number of alkyl halides is 3. The number of benzene rings is 2. The third-order valence-corrected chi connectivity index (χ3v) is 5.81. The first-order valence-corrected chi connectivity index (χ1v) is 9.74. The van der Waals surface area contributed by atoms with Gasteiger partial charge in [-0.2, -0.15) is 13.2 Å². The van der Waals surface area contributed by atoms with Crippen molar-refractivity contribution >= 4 is 15.7 Å². The summed E-state index contributed by atoms with van der Waals surface area (Å²) in [6, 6.07) is 11.6. The molecule has 2 aromatic carbocycles. The predicted molar refractivity (Wildman–Crippen MR) is 94.1 cm³/mol. The van der Waals surface area contributed by atoms with E-state index in [1.807, 2.05) is 0 Å². The summed E-state index contributed by atoms with van der Waals surface area (Å²) < 4.78 is 76.4. The van der Waals surface area contributed by atoms with Crippen LogP contribution in [0.2, 0.25) is 0 Å². The fraction of sp³-hybridized carbons (Fsp3) is 0.333. The molecule has 1 heterocycles. The van der Waals surface area contributed by atoms with Gasteiger partial charge in [0.05, 0.1) is 23.6 Å². The molecule has 2 aromatic rings. The predicted octanol–water partition coefficient (Wildman–Crippen LogP) is 3.45. The second-order valence-electron chi connectivity index (χ2n) is 6.15. The number of hydrogen-bond donors (Lipinski definition) is 0. The normalized spacial score (nSPS) is 16.8. The lowest BCUT2D eigenvalue weighted by atomic mass is 10.1.